The monoisotopic (exact) mass is 329 g/mol. The maximum atomic E-state index is 9.67. The second kappa shape index (κ2) is 5.80. The van der Waals surface area contributed by atoms with Crippen LogP contribution in [-0.2, 0) is 4.74 Å². The van der Waals surface area contributed by atoms with Crippen molar-refractivity contribution >= 4 is 16.7 Å². The third-order valence-corrected chi connectivity index (χ3v) is 4.28. The van der Waals surface area contributed by atoms with E-state index in [0.717, 1.165) is 22.3 Å². The Hall–Kier alpha value is -3.59. The largest absolute Gasteiger partial charge is 0.443 e. The molecular weight excluding hydrogens is 314 g/mol. The second-order valence-corrected chi connectivity index (χ2v) is 5.77. The predicted octanol–water partition coefficient (Wildman–Crippen LogP) is 3.13. The van der Waals surface area contributed by atoms with E-state index < -0.39 is 0 Å². The third kappa shape index (κ3) is 2.34. The standard InChI is InChI=1S/C19H15N5O/c1-12-18(24-16-10-6-5-9-15(16)22-23-24)17(13-7-3-2-4-8-13)14(11-20)19(21)25-12/h2-10,17H,21H2,1H3. The summed E-state index contributed by atoms with van der Waals surface area (Å²) >= 11 is 0. The van der Waals surface area contributed by atoms with Crippen molar-refractivity contribution in [1.82, 2.24) is 15.0 Å². The minimum atomic E-state index is -0.370. The molecule has 1 unspecified atom stereocenters. The van der Waals surface area contributed by atoms with Crippen LogP contribution in [0.4, 0.5) is 0 Å². The summed E-state index contributed by atoms with van der Waals surface area (Å²) < 4.78 is 7.38. The molecule has 3 aromatic rings. The molecule has 0 spiro atoms. The lowest BCUT2D eigenvalue weighted by Crippen LogP contribution is -2.22. The molecule has 0 radical (unpaired) electrons. The molecule has 1 aliphatic heterocycles. The van der Waals surface area contributed by atoms with Gasteiger partial charge in [-0.15, -0.1) is 5.10 Å². The number of hydrogen-bond donors (Lipinski definition) is 1. The molecule has 0 saturated carbocycles. The van der Waals surface area contributed by atoms with Crippen molar-refractivity contribution < 1.29 is 4.74 Å². The number of aromatic nitrogens is 3. The molecule has 25 heavy (non-hydrogen) atoms. The molecule has 0 amide bonds. The summed E-state index contributed by atoms with van der Waals surface area (Å²) in [6.45, 7) is 1.82. The molecule has 0 aliphatic carbocycles. The Morgan fingerprint density at radius 1 is 1.12 bits per heavy atom. The zero-order chi connectivity index (χ0) is 17.4. The van der Waals surface area contributed by atoms with Gasteiger partial charge in [-0.05, 0) is 24.6 Å². The van der Waals surface area contributed by atoms with E-state index in [4.69, 9.17) is 10.5 Å². The van der Waals surface area contributed by atoms with E-state index in [9.17, 15) is 5.26 Å². The number of ether oxygens (including phenoxy) is 1. The van der Waals surface area contributed by atoms with Gasteiger partial charge in [0.2, 0.25) is 5.88 Å². The van der Waals surface area contributed by atoms with Crippen molar-refractivity contribution in [2.45, 2.75) is 12.8 Å². The average Bonchev–Trinajstić information content (AvgIpc) is 3.06. The quantitative estimate of drug-likeness (QED) is 0.780. The fourth-order valence-corrected chi connectivity index (χ4v) is 3.16. The molecule has 6 heteroatoms. The molecule has 2 aromatic carbocycles. The van der Waals surface area contributed by atoms with Crippen LogP contribution in [0.1, 0.15) is 18.4 Å². The van der Waals surface area contributed by atoms with Crippen LogP contribution in [0.15, 0.2) is 71.8 Å². The van der Waals surface area contributed by atoms with Gasteiger partial charge < -0.3 is 10.5 Å². The molecule has 1 atom stereocenters. The first-order valence-electron chi connectivity index (χ1n) is 7.85. The van der Waals surface area contributed by atoms with Crippen LogP contribution in [0.2, 0.25) is 0 Å². The summed E-state index contributed by atoms with van der Waals surface area (Å²) in [5.74, 6) is 0.355. The Labute approximate surface area is 144 Å². The molecule has 1 aromatic heterocycles. The van der Waals surface area contributed by atoms with Gasteiger partial charge in [0.1, 0.15) is 22.9 Å². The fourth-order valence-electron chi connectivity index (χ4n) is 3.16. The summed E-state index contributed by atoms with van der Waals surface area (Å²) in [5, 5.41) is 18.2. The number of allylic oxidation sites excluding steroid dienone is 3. The Kier molecular flexibility index (Phi) is 3.47. The van der Waals surface area contributed by atoms with Crippen molar-refractivity contribution in [3.05, 3.63) is 77.4 Å². The predicted molar refractivity (Wildman–Crippen MR) is 93.5 cm³/mol. The molecule has 2 heterocycles. The molecule has 122 valence electrons. The molecule has 0 fully saturated rings. The summed E-state index contributed by atoms with van der Waals surface area (Å²) in [6.07, 6.45) is 0. The number of nitrogens with two attached hydrogens (primary N) is 1. The van der Waals surface area contributed by atoms with Gasteiger partial charge in [0, 0.05) is 0 Å². The van der Waals surface area contributed by atoms with Crippen LogP contribution in [0, 0.1) is 11.3 Å². The van der Waals surface area contributed by atoms with Crippen LogP contribution in [0.3, 0.4) is 0 Å². The van der Waals surface area contributed by atoms with Gasteiger partial charge in [0.25, 0.3) is 0 Å². The highest BCUT2D eigenvalue weighted by molar-refractivity contribution is 5.80. The minimum Gasteiger partial charge on any atom is -0.443 e. The summed E-state index contributed by atoms with van der Waals surface area (Å²) in [6, 6.07) is 19.6. The summed E-state index contributed by atoms with van der Waals surface area (Å²) in [7, 11) is 0. The normalized spacial score (nSPS) is 17.5. The zero-order valence-corrected chi connectivity index (χ0v) is 13.5. The second-order valence-electron chi connectivity index (χ2n) is 5.77. The Morgan fingerprint density at radius 2 is 1.84 bits per heavy atom. The molecule has 0 bridgehead atoms. The average molecular weight is 329 g/mol. The van der Waals surface area contributed by atoms with Gasteiger partial charge in [0.05, 0.1) is 17.1 Å². The lowest BCUT2D eigenvalue weighted by Gasteiger charge is -2.27. The lowest BCUT2D eigenvalue weighted by molar-refractivity contribution is 0.287. The van der Waals surface area contributed by atoms with Gasteiger partial charge in [0.15, 0.2) is 0 Å². The van der Waals surface area contributed by atoms with Crippen LogP contribution in [-0.4, -0.2) is 15.0 Å². The van der Waals surface area contributed by atoms with Crippen molar-refractivity contribution in [1.29, 1.82) is 5.26 Å². The van der Waals surface area contributed by atoms with Crippen molar-refractivity contribution in [2.75, 3.05) is 0 Å². The van der Waals surface area contributed by atoms with E-state index >= 15 is 0 Å². The smallest absolute Gasteiger partial charge is 0.205 e. The summed E-state index contributed by atoms with van der Waals surface area (Å²) in [4.78, 5) is 0. The van der Waals surface area contributed by atoms with Crippen molar-refractivity contribution in [3.63, 3.8) is 0 Å². The Morgan fingerprint density at radius 3 is 2.60 bits per heavy atom. The highest BCUT2D eigenvalue weighted by atomic mass is 16.5. The van der Waals surface area contributed by atoms with E-state index in [2.05, 4.69) is 16.4 Å². The maximum Gasteiger partial charge on any atom is 0.205 e. The van der Waals surface area contributed by atoms with Crippen LogP contribution in [0.25, 0.3) is 16.7 Å². The van der Waals surface area contributed by atoms with Gasteiger partial charge in [-0.2, -0.15) is 5.26 Å². The Balaban J connectivity index is 1.98. The molecule has 1 aliphatic rings. The highest BCUT2D eigenvalue weighted by Crippen LogP contribution is 2.41. The molecule has 6 nitrogen and oxygen atoms in total. The molecule has 4 rings (SSSR count). The number of nitriles is 1. The van der Waals surface area contributed by atoms with Gasteiger partial charge in [-0.1, -0.05) is 47.7 Å². The number of rotatable bonds is 2. The highest BCUT2D eigenvalue weighted by Gasteiger charge is 2.33. The molecule has 0 saturated heterocycles. The third-order valence-electron chi connectivity index (χ3n) is 4.28. The first-order chi connectivity index (χ1) is 12.2. The van der Waals surface area contributed by atoms with Crippen LogP contribution in [0.5, 0.6) is 0 Å². The van der Waals surface area contributed by atoms with Crippen molar-refractivity contribution in [3.8, 4) is 6.07 Å². The number of fused-ring (bicyclic) bond motifs is 1. The number of benzene rings is 2. The maximum absolute atomic E-state index is 9.67. The van der Waals surface area contributed by atoms with Gasteiger partial charge >= 0.3 is 0 Å². The first kappa shape index (κ1) is 15.0. The van der Waals surface area contributed by atoms with Gasteiger partial charge in [-0.3, -0.25) is 0 Å². The first-order valence-corrected chi connectivity index (χ1v) is 7.85. The van der Waals surface area contributed by atoms with E-state index in [0.29, 0.717) is 11.3 Å². The van der Waals surface area contributed by atoms with Crippen molar-refractivity contribution in [2.24, 2.45) is 5.73 Å². The zero-order valence-electron chi connectivity index (χ0n) is 13.5. The molecule has 2 N–H and O–H groups in total. The van der Waals surface area contributed by atoms with E-state index in [1.54, 1.807) is 4.68 Å². The topological polar surface area (TPSA) is 89.8 Å². The lowest BCUT2D eigenvalue weighted by atomic mass is 9.87. The van der Waals surface area contributed by atoms with Crippen LogP contribution < -0.4 is 5.73 Å². The SMILES string of the molecule is CC1=C(n2nnc3ccccc32)C(c2ccccc2)C(C#N)=C(N)O1. The number of nitrogens with zero attached hydrogens (tertiary/aromatic N) is 4. The number of hydrogen-bond acceptors (Lipinski definition) is 5. The molecular formula is C19H15N5O. The van der Waals surface area contributed by atoms with Gasteiger partial charge in [-0.25, -0.2) is 4.68 Å². The van der Waals surface area contributed by atoms with E-state index in [1.165, 1.54) is 0 Å². The fraction of sp³-hybridized carbons (Fsp3) is 0.105. The summed E-state index contributed by atoms with van der Waals surface area (Å²) in [5.41, 5.74) is 9.66. The van der Waals surface area contributed by atoms with E-state index in [-0.39, 0.29) is 11.8 Å². The Bertz CT molecular complexity index is 1060. The minimum absolute atomic E-state index is 0.127. The van der Waals surface area contributed by atoms with E-state index in [1.807, 2.05) is 61.5 Å². The van der Waals surface area contributed by atoms with Crippen LogP contribution >= 0.6 is 0 Å². The number of para-hydroxylation sites is 1.